The zero-order valence-corrected chi connectivity index (χ0v) is 15.6. The van der Waals surface area contributed by atoms with Crippen LogP contribution in [0, 0.1) is 6.92 Å². The normalized spacial score (nSPS) is 14.6. The fraction of sp³-hybridized carbons (Fsp3) is 0.263. The molecule has 0 radical (unpaired) electrons. The first kappa shape index (κ1) is 17.4. The number of thiophene rings is 1. The molecule has 4 rings (SSSR count). The number of hydrogen-bond donors (Lipinski definition) is 1. The lowest BCUT2D eigenvalue weighted by atomic mass is 10.1. The smallest absolute Gasteiger partial charge is 0.335 e. The van der Waals surface area contributed by atoms with Crippen LogP contribution in [0.2, 0.25) is 0 Å². The summed E-state index contributed by atoms with van der Waals surface area (Å²) in [4.78, 5) is 36.7. The monoisotopic (exact) mass is 382 g/mol. The van der Waals surface area contributed by atoms with Crippen LogP contribution in [-0.4, -0.2) is 58.0 Å². The molecule has 0 spiro atoms. The van der Waals surface area contributed by atoms with Gasteiger partial charge in [0.2, 0.25) is 0 Å². The first-order chi connectivity index (χ1) is 13.0. The van der Waals surface area contributed by atoms with E-state index in [-0.39, 0.29) is 11.5 Å². The number of nitrogens with zero attached hydrogens (tertiary/aromatic N) is 4. The predicted octanol–water partition coefficient (Wildman–Crippen LogP) is 2.66. The number of benzene rings is 1. The number of amides is 1. The van der Waals surface area contributed by atoms with Gasteiger partial charge in [0.25, 0.3) is 5.91 Å². The van der Waals surface area contributed by atoms with Crippen molar-refractivity contribution in [1.29, 1.82) is 0 Å². The van der Waals surface area contributed by atoms with Crippen molar-refractivity contribution in [2.75, 3.05) is 31.1 Å². The van der Waals surface area contributed by atoms with E-state index in [1.165, 1.54) is 6.07 Å². The van der Waals surface area contributed by atoms with Gasteiger partial charge in [-0.1, -0.05) is 0 Å². The molecule has 1 saturated heterocycles. The van der Waals surface area contributed by atoms with Gasteiger partial charge in [-0.05, 0) is 42.1 Å². The van der Waals surface area contributed by atoms with Gasteiger partial charge in [0.05, 0.1) is 15.8 Å². The molecule has 1 fully saturated rings. The van der Waals surface area contributed by atoms with Gasteiger partial charge in [0, 0.05) is 31.7 Å². The highest BCUT2D eigenvalue weighted by atomic mass is 32.1. The van der Waals surface area contributed by atoms with E-state index >= 15 is 0 Å². The van der Waals surface area contributed by atoms with Crippen LogP contribution in [-0.2, 0) is 0 Å². The van der Waals surface area contributed by atoms with Crippen LogP contribution >= 0.6 is 11.3 Å². The number of carbonyl (C=O) groups is 2. The summed E-state index contributed by atoms with van der Waals surface area (Å²) in [6, 6.07) is 6.73. The Balaban J connectivity index is 1.50. The van der Waals surface area contributed by atoms with Crippen molar-refractivity contribution >= 4 is 39.2 Å². The standard InChI is InChI=1S/C19H18N4O3S/c1-12-8-13(10-14(9-12)19(25)26)18(24)23-5-3-22(4-6-23)17-16-15(2-7-27-16)20-11-21-17/h2,7-11H,3-6H2,1H3,(H,25,26). The minimum atomic E-state index is -1.03. The Labute approximate surface area is 159 Å². The number of hydrogen-bond acceptors (Lipinski definition) is 6. The number of carboxylic acid groups (broad SMARTS) is 1. The van der Waals surface area contributed by atoms with Crippen LogP contribution in [0.4, 0.5) is 5.82 Å². The Morgan fingerprint density at radius 1 is 1.07 bits per heavy atom. The summed E-state index contributed by atoms with van der Waals surface area (Å²) in [5, 5.41) is 11.2. The topological polar surface area (TPSA) is 86.6 Å². The Kier molecular flexibility index (Phi) is 4.49. The number of carbonyl (C=O) groups excluding carboxylic acids is 1. The summed E-state index contributed by atoms with van der Waals surface area (Å²) < 4.78 is 1.06. The molecular formula is C19H18N4O3S. The zero-order valence-electron chi connectivity index (χ0n) is 14.8. The van der Waals surface area contributed by atoms with Crippen molar-refractivity contribution in [3.05, 3.63) is 52.7 Å². The van der Waals surface area contributed by atoms with Crippen LogP contribution in [0.5, 0.6) is 0 Å². The van der Waals surface area contributed by atoms with Gasteiger partial charge >= 0.3 is 5.97 Å². The van der Waals surface area contributed by atoms with Gasteiger partial charge in [0.1, 0.15) is 12.1 Å². The van der Waals surface area contributed by atoms with Gasteiger partial charge in [0.15, 0.2) is 0 Å². The first-order valence-electron chi connectivity index (χ1n) is 8.60. The number of rotatable bonds is 3. The van der Waals surface area contributed by atoms with Crippen molar-refractivity contribution in [2.24, 2.45) is 0 Å². The van der Waals surface area contributed by atoms with Crippen molar-refractivity contribution in [2.45, 2.75) is 6.92 Å². The second-order valence-electron chi connectivity index (χ2n) is 6.50. The Morgan fingerprint density at radius 3 is 2.56 bits per heavy atom. The molecule has 3 heterocycles. The fourth-order valence-electron chi connectivity index (χ4n) is 3.34. The number of fused-ring (bicyclic) bond motifs is 1. The molecule has 7 nitrogen and oxygen atoms in total. The van der Waals surface area contributed by atoms with Crippen LogP contribution in [0.25, 0.3) is 10.2 Å². The van der Waals surface area contributed by atoms with Crippen LogP contribution < -0.4 is 4.90 Å². The van der Waals surface area contributed by atoms with E-state index in [2.05, 4.69) is 14.9 Å². The summed E-state index contributed by atoms with van der Waals surface area (Å²) in [6.45, 7) is 4.27. The van der Waals surface area contributed by atoms with Gasteiger partial charge in [-0.3, -0.25) is 4.79 Å². The molecule has 0 unspecified atom stereocenters. The number of anilines is 1. The maximum Gasteiger partial charge on any atom is 0.335 e. The second kappa shape index (κ2) is 6.96. The predicted molar refractivity (Wildman–Crippen MR) is 104 cm³/mol. The molecule has 3 aromatic rings. The maximum atomic E-state index is 12.8. The SMILES string of the molecule is Cc1cc(C(=O)O)cc(C(=O)N2CCN(c3ncnc4ccsc34)CC2)c1. The average Bonchev–Trinajstić information content (AvgIpc) is 3.16. The van der Waals surface area contributed by atoms with Crippen molar-refractivity contribution in [3.63, 3.8) is 0 Å². The first-order valence-corrected chi connectivity index (χ1v) is 9.48. The molecule has 1 amide bonds. The molecule has 1 N–H and O–H groups in total. The van der Waals surface area contributed by atoms with Gasteiger partial charge in [-0.2, -0.15) is 0 Å². The van der Waals surface area contributed by atoms with Crippen LogP contribution in [0.1, 0.15) is 26.3 Å². The third-order valence-corrected chi connectivity index (χ3v) is 5.56. The summed E-state index contributed by atoms with van der Waals surface area (Å²) in [7, 11) is 0. The molecule has 8 heteroatoms. The summed E-state index contributed by atoms with van der Waals surface area (Å²) in [6.07, 6.45) is 1.57. The van der Waals surface area contributed by atoms with E-state index in [4.69, 9.17) is 0 Å². The zero-order chi connectivity index (χ0) is 19.0. The van der Waals surface area contributed by atoms with E-state index in [0.717, 1.165) is 21.6 Å². The maximum absolute atomic E-state index is 12.8. The minimum Gasteiger partial charge on any atom is -0.478 e. The molecule has 138 valence electrons. The van der Waals surface area contributed by atoms with Crippen molar-refractivity contribution in [1.82, 2.24) is 14.9 Å². The van der Waals surface area contributed by atoms with Gasteiger partial charge in [-0.25, -0.2) is 14.8 Å². The molecule has 0 bridgehead atoms. The van der Waals surface area contributed by atoms with Gasteiger partial charge < -0.3 is 14.9 Å². The summed E-state index contributed by atoms with van der Waals surface area (Å²) in [5.74, 6) is -0.253. The Bertz CT molecular complexity index is 1020. The molecule has 0 saturated carbocycles. The molecule has 1 aromatic carbocycles. The molecule has 0 atom stereocenters. The van der Waals surface area contributed by atoms with E-state index < -0.39 is 5.97 Å². The lowest BCUT2D eigenvalue weighted by Crippen LogP contribution is -2.49. The number of aromatic nitrogens is 2. The third-order valence-electron chi connectivity index (χ3n) is 4.66. The number of piperazine rings is 1. The number of aromatic carboxylic acids is 1. The minimum absolute atomic E-state index is 0.134. The Hall–Kier alpha value is -3.00. The van der Waals surface area contributed by atoms with E-state index in [0.29, 0.717) is 31.7 Å². The lowest BCUT2D eigenvalue weighted by Gasteiger charge is -2.35. The summed E-state index contributed by atoms with van der Waals surface area (Å²) in [5.41, 5.74) is 2.25. The van der Waals surface area contributed by atoms with Gasteiger partial charge in [-0.15, -0.1) is 11.3 Å². The van der Waals surface area contributed by atoms with Crippen LogP contribution in [0.3, 0.4) is 0 Å². The third kappa shape index (κ3) is 3.35. The molecule has 0 aliphatic carbocycles. The molecule has 27 heavy (non-hydrogen) atoms. The van der Waals surface area contributed by atoms with E-state index in [1.807, 2.05) is 11.4 Å². The quantitative estimate of drug-likeness (QED) is 0.749. The number of aryl methyl sites for hydroxylation is 1. The molecule has 2 aromatic heterocycles. The number of carboxylic acids is 1. The highest BCUT2D eigenvalue weighted by Crippen LogP contribution is 2.28. The summed E-state index contributed by atoms with van der Waals surface area (Å²) >= 11 is 1.61. The average molecular weight is 382 g/mol. The van der Waals surface area contributed by atoms with Crippen LogP contribution in [0.15, 0.2) is 36.0 Å². The van der Waals surface area contributed by atoms with Crippen molar-refractivity contribution < 1.29 is 14.7 Å². The Morgan fingerprint density at radius 2 is 1.81 bits per heavy atom. The van der Waals surface area contributed by atoms with E-state index in [1.54, 1.807) is 41.6 Å². The molecule has 1 aliphatic rings. The molecular weight excluding hydrogens is 364 g/mol. The van der Waals surface area contributed by atoms with E-state index in [9.17, 15) is 14.7 Å². The van der Waals surface area contributed by atoms with Crippen molar-refractivity contribution in [3.8, 4) is 0 Å². The fourth-order valence-corrected chi connectivity index (χ4v) is 4.20. The molecule has 1 aliphatic heterocycles. The largest absolute Gasteiger partial charge is 0.478 e. The highest BCUT2D eigenvalue weighted by molar-refractivity contribution is 7.17. The lowest BCUT2D eigenvalue weighted by molar-refractivity contribution is 0.0696. The highest BCUT2D eigenvalue weighted by Gasteiger charge is 2.25. The second-order valence-corrected chi connectivity index (χ2v) is 7.42.